The number of halogens is 1. The lowest BCUT2D eigenvalue weighted by molar-refractivity contribution is 0.246. The van der Waals surface area contributed by atoms with Crippen molar-refractivity contribution in [2.45, 2.75) is 13.5 Å². The van der Waals surface area contributed by atoms with Gasteiger partial charge in [0, 0.05) is 65.0 Å². The standard InChI is InChI=1S/C21H29FN6O3S/c1-2-32(30,31)28-13-11-27(12-14-28)21-23-17(15-20(29)24-21)16-25-7-9-26(10-8-25)19-6-4-3-5-18(19)22/h3-6,15H,2,7-14,16H2,1H3,(H,23,24,29). The average Bonchev–Trinajstić information content (AvgIpc) is 2.80. The van der Waals surface area contributed by atoms with Crippen molar-refractivity contribution in [2.24, 2.45) is 0 Å². The van der Waals surface area contributed by atoms with E-state index in [1.165, 1.54) is 16.4 Å². The van der Waals surface area contributed by atoms with Crippen LogP contribution in [0, 0.1) is 5.82 Å². The van der Waals surface area contributed by atoms with Gasteiger partial charge >= 0.3 is 0 Å². The Hall–Kier alpha value is -2.50. The summed E-state index contributed by atoms with van der Waals surface area (Å²) in [7, 11) is -3.21. The Balaban J connectivity index is 1.37. The van der Waals surface area contributed by atoms with Crippen molar-refractivity contribution in [3.63, 3.8) is 0 Å². The van der Waals surface area contributed by atoms with Gasteiger partial charge in [-0.25, -0.2) is 17.8 Å². The predicted molar refractivity (Wildman–Crippen MR) is 122 cm³/mol. The van der Waals surface area contributed by atoms with Gasteiger partial charge in [-0.15, -0.1) is 0 Å². The molecule has 0 spiro atoms. The molecule has 0 radical (unpaired) electrons. The van der Waals surface area contributed by atoms with Crippen LogP contribution in [0.3, 0.4) is 0 Å². The van der Waals surface area contributed by atoms with Gasteiger partial charge in [0.15, 0.2) is 0 Å². The number of aromatic amines is 1. The fraction of sp³-hybridized carbons (Fsp3) is 0.524. The molecule has 11 heteroatoms. The first-order valence-electron chi connectivity index (χ1n) is 10.9. The lowest BCUT2D eigenvalue weighted by Gasteiger charge is -2.36. The molecule has 3 heterocycles. The minimum absolute atomic E-state index is 0.0851. The molecule has 2 aliphatic rings. The van der Waals surface area contributed by atoms with Crippen LogP contribution in [-0.2, 0) is 16.6 Å². The first-order chi connectivity index (χ1) is 15.4. The van der Waals surface area contributed by atoms with Gasteiger partial charge in [0.25, 0.3) is 5.56 Å². The average molecular weight is 465 g/mol. The first kappa shape index (κ1) is 22.7. The molecule has 4 rings (SSSR count). The molecule has 32 heavy (non-hydrogen) atoms. The van der Waals surface area contributed by atoms with Gasteiger partial charge < -0.3 is 9.80 Å². The van der Waals surface area contributed by atoms with Crippen LogP contribution in [0.25, 0.3) is 0 Å². The summed E-state index contributed by atoms with van der Waals surface area (Å²) < 4.78 is 39.7. The third-order valence-electron chi connectivity index (χ3n) is 6.03. The van der Waals surface area contributed by atoms with Gasteiger partial charge in [-0.2, -0.15) is 4.31 Å². The molecule has 2 aliphatic heterocycles. The van der Waals surface area contributed by atoms with Crippen LogP contribution in [0.4, 0.5) is 16.0 Å². The van der Waals surface area contributed by atoms with Crippen molar-refractivity contribution >= 4 is 21.7 Å². The van der Waals surface area contributed by atoms with Crippen molar-refractivity contribution in [1.29, 1.82) is 0 Å². The van der Waals surface area contributed by atoms with Crippen LogP contribution in [-0.4, -0.2) is 85.7 Å². The second kappa shape index (κ2) is 9.55. The minimum Gasteiger partial charge on any atom is -0.367 e. The Bertz CT molecular complexity index is 1090. The quantitative estimate of drug-likeness (QED) is 0.673. The summed E-state index contributed by atoms with van der Waals surface area (Å²) >= 11 is 0. The van der Waals surface area contributed by atoms with E-state index < -0.39 is 10.0 Å². The molecule has 1 aromatic carbocycles. The molecule has 1 N–H and O–H groups in total. The first-order valence-corrected chi connectivity index (χ1v) is 12.5. The van der Waals surface area contributed by atoms with Crippen LogP contribution in [0.5, 0.6) is 0 Å². The number of piperazine rings is 2. The molecule has 2 aromatic rings. The van der Waals surface area contributed by atoms with E-state index in [2.05, 4.69) is 14.9 Å². The zero-order valence-corrected chi connectivity index (χ0v) is 19.0. The normalized spacial score (nSPS) is 18.8. The molecule has 2 fully saturated rings. The number of rotatable bonds is 6. The van der Waals surface area contributed by atoms with Crippen LogP contribution in [0.2, 0.25) is 0 Å². The Morgan fingerprint density at radius 3 is 2.31 bits per heavy atom. The van der Waals surface area contributed by atoms with E-state index in [9.17, 15) is 17.6 Å². The van der Waals surface area contributed by atoms with Crippen LogP contribution >= 0.6 is 0 Å². The van der Waals surface area contributed by atoms with E-state index in [-0.39, 0.29) is 17.1 Å². The van der Waals surface area contributed by atoms with Gasteiger partial charge in [0.05, 0.1) is 17.1 Å². The lowest BCUT2D eigenvalue weighted by atomic mass is 10.2. The molecule has 9 nitrogen and oxygen atoms in total. The monoisotopic (exact) mass is 464 g/mol. The van der Waals surface area contributed by atoms with Crippen LogP contribution in [0.1, 0.15) is 12.6 Å². The van der Waals surface area contributed by atoms with Crippen LogP contribution in [0.15, 0.2) is 35.1 Å². The number of aromatic nitrogens is 2. The Morgan fingerprint density at radius 2 is 1.66 bits per heavy atom. The number of H-pyrrole nitrogens is 1. The van der Waals surface area contributed by atoms with E-state index >= 15 is 0 Å². The number of benzene rings is 1. The lowest BCUT2D eigenvalue weighted by Crippen LogP contribution is -2.50. The largest absolute Gasteiger partial charge is 0.367 e. The number of para-hydroxylation sites is 1. The van der Waals surface area contributed by atoms with Gasteiger partial charge in [0.2, 0.25) is 16.0 Å². The number of sulfonamides is 1. The third-order valence-corrected chi connectivity index (χ3v) is 7.91. The van der Waals surface area contributed by atoms with E-state index in [1.54, 1.807) is 19.1 Å². The van der Waals surface area contributed by atoms with Gasteiger partial charge in [-0.3, -0.25) is 14.7 Å². The van der Waals surface area contributed by atoms with Crippen LogP contribution < -0.4 is 15.4 Å². The molecule has 1 aromatic heterocycles. The van der Waals surface area contributed by atoms with Crippen molar-refractivity contribution < 1.29 is 12.8 Å². The maximum absolute atomic E-state index is 14.0. The molecule has 0 amide bonds. The number of anilines is 2. The summed E-state index contributed by atoms with van der Waals surface area (Å²) in [6, 6.07) is 8.30. The number of hydrogen-bond acceptors (Lipinski definition) is 7. The fourth-order valence-electron chi connectivity index (χ4n) is 4.17. The SMILES string of the molecule is CCS(=O)(=O)N1CCN(c2nc(CN3CCN(c4ccccc4F)CC3)cc(=O)[nH]2)CC1. The second-order valence-corrected chi connectivity index (χ2v) is 10.3. The molecular formula is C21H29FN6O3S. The molecule has 0 atom stereocenters. The zero-order valence-electron chi connectivity index (χ0n) is 18.2. The molecule has 174 valence electrons. The predicted octanol–water partition coefficient (Wildman–Crippen LogP) is 0.703. The van der Waals surface area contributed by atoms with Gasteiger partial charge in [-0.05, 0) is 19.1 Å². The number of nitrogens with zero attached hydrogens (tertiary/aromatic N) is 5. The van der Waals surface area contributed by atoms with Crippen molar-refractivity contribution in [2.75, 3.05) is 67.9 Å². The molecule has 0 unspecified atom stereocenters. The van der Waals surface area contributed by atoms with E-state index in [0.29, 0.717) is 63.1 Å². The van der Waals surface area contributed by atoms with Gasteiger partial charge in [0.1, 0.15) is 5.82 Å². The highest BCUT2D eigenvalue weighted by Gasteiger charge is 2.27. The van der Waals surface area contributed by atoms with Crippen molar-refractivity contribution in [1.82, 2.24) is 19.2 Å². The summed E-state index contributed by atoms with van der Waals surface area (Å²) in [5, 5.41) is 0. The van der Waals surface area contributed by atoms with E-state index in [1.807, 2.05) is 15.9 Å². The van der Waals surface area contributed by atoms with E-state index in [4.69, 9.17) is 0 Å². The van der Waals surface area contributed by atoms with Crippen molar-refractivity contribution in [3.05, 3.63) is 52.2 Å². The highest BCUT2D eigenvalue weighted by molar-refractivity contribution is 7.89. The molecule has 2 saturated heterocycles. The third kappa shape index (κ3) is 5.11. The molecule has 0 aliphatic carbocycles. The molecule has 0 saturated carbocycles. The maximum atomic E-state index is 14.0. The minimum atomic E-state index is -3.21. The maximum Gasteiger partial charge on any atom is 0.252 e. The summed E-state index contributed by atoms with van der Waals surface area (Å²) in [4.78, 5) is 25.8. The summed E-state index contributed by atoms with van der Waals surface area (Å²) in [6.45, 7) is 6.77. The topological polar surface area (TPSA) is 92.8 Å². The van der Waals surface area contributed by atoms with Gasteiger partial charge in [-0.1, -0.05) is 12.1 Å². The number of hydrogen-bond donors (Lipinski definition) is 1. The summed E-state index contributed by atoms with van der Waals surface area (Å²) in [6.07, 6.45) is 0. The summed E-state index contributed by atoms with van der Waals surface area (Å²) in [5.74, 6) is 0.349. The van der Waals surface area contributed by atoms with E-state index in [0.717, 1.165) is 13.1 Å². The highest BCUT2D eigenvalue weighted by atomic mass is 32.2. The Labute approximate surface area is 187 Å². The molecule has 0 bridgehead atoms. The highest BCUT2D eigenvalue weighted by Crippen LogP contribution is 2.21. The Morgan fingerprint density at radius 1 is 1.00 bits per heavy atom. The Kier molecular flexibility index (Phi) is 6.77. The smallest absolute Gasteiger partial charge is 0.252 e. The summed E-state index contributed by atoms with van der Waals surface area (Å²) in [5.41, 5.74) is 1.07. The molecular weight excluding hydrogens is 435 g/mol. The number of nitrogens with one attached hydrogen (secondary N) is 1. The second-order valence-electron chi connectivity index (χ2n) is 8.06. The zero-order chi connectivity index (χ0) is 22.7. The fourth-order valence-corrected chi connectivity index (χ4v) is 5.25. The van der Waals surface area contributed by atoms with Crippen molar-refractivity contribution in [3.8, 4) is 0 Å².